The van der Waals surface area contributed by atoms with Gasteiger partial charge < -0.3 is 0 Å². The number of nitrogens with one attached hydrogen (secondary N) is 1. The Balaban J connectivity index is 1.35. The zero-order valence-corrected chi connectivity index (χ0v) is 19.3. The summed E-state index contributed by atoms with van der Waals surface area (Å²) < 4.78 is 79.6. The van der Waals surface area contributed by atoms with Crippen LogP contribution < -0.4 is 5.43 Å². The lowest BCUT2D eigenvalue weighted by Crippen LogP contribution is -2.52. The summed E-state index contributed by atoms with van der Waals surface area (Å²) in [5.41, 5.74) is 0.551. The summed E-state index contributed by atoms with van der Waals surface area (Å²) >= 11 is 0. The van der Waals surface area contributed by atoms with Crippen molar-refractivity contribution in [3.05, 3.63) is 77.6 Å². The van der Waals surface area contributed by atoms with Crippen LogP contribution in [0.25, 0.3) is 17.6 Å². The molecule has 1 amide bonds. The number of alkyl halides is 6. The maximum absolute atomic E-state index is 13.1. The maximum atomic E-state index is 13.1. The molecular formula is C24H22F6N6O. The van der Waals surface area contributed by atoms with Gasteiger partial charge in [-0.1, -0.05) is 30.3 Å². The molecular weight excluding hydrogens is 502 g/mol. The van der Waals surface area contributed by atoms with E-state index in [9.17, 15) is 31.1 Å². The number of piperazine rings is 1. The number of halogens is 6. The van der Waals surface area contributed by atoms with Crippen LogP contribution >= 0.6 is 0 Å². The number of hydrazine groups is 1. The van der Waals surface area contributed by atoms with Crippen molar-refractivity contribution in [2.45, 2.75) is 18.9 Å². The van der Waals surface area contributed by atoms with Gasteiger partial charge in [-0.3, -0.25) is 15.1 Å². The standard InChI is InChI=1S/C24H22F6N6O/c25-23(26,27)19-12-18(13-20(14-19)24(28,29)30)22-31-16-36(33-22)7-6-21(37)32-35-10-8-34(9-11-35)15-17-4-2-1-3-5-17/h1-7,12-14,16H,8-11,15H2,(H,32,37). The SMILES string of the molecule is O=C(C=Cn1cnc(-c2cc(C(F)(F)F)cc(C(F)(F)F)c2)n1)NN1CCN(Cc2ccccc2)CC1. The minimum atomic E-state index is -4.98. The first-order chi connectivity index (χ1) is 17.5. The molecule has 0 bridgehead atoms. The molecule has 0 aliphatic carbocycles. The van der Waals surface area contributed by atoms with Gasteiger partial charge in [0.2, 0.25) is 0 Å². The Morgan fingerprint density at radius 3 is 2.14 bits per heavy atom. The molecule has 1 aliphatic rings. The minimum absolute atomic E-state index is 0.0339. The first-order valence-electron chi connectivity index (χ1n) is 11.2. The lowest BCUT2D eigenvalue weighted by molar-refractivity contribution is -0.143. The Kier molecular flexibility index (Phi) is 7.64. The number of carbonyl (C=O) groups is 1. The first-order valence-corrected chi connectivity index (χ1v) is 11.2. The molecule has 1 saturated heterocycles. The zero-order chi connectivity index (χ0) is 26.6. The van der Waals surface area contributed by atoms with Crippen LogP contribution in [-0.4, -0.2) is 56.8 Å². The van der Waals surface area contributed by atoms with Gasteiger partial charge in [-0.25, -0.2) is 14.7 Å². The highest BCUT2D eigenvalue weighted by molar-refractivity contribution is 5.89. The van der Waals surface area contributed by atoms with Gasteiger partial charge in [-0.15, -0.1) is 5.10 Å². The normalized spacial score (nSPS) is 15.8. The fraction of sp³-hybridized carbons (Fsp3) is 0.292. The van der Waals surface area contributed by atoms with Gasteiger partial charge in [-0.05, 0) is 23.8 Å². The number of nitrogens with zero attached hydrogens (tertiary/aromatic N) is 5. The molecule has 3 aromatic rings. The Bertz CT molecular complexity index is 1210. The van der Waals surface area contributed by atoms with Crippen molar-refractivity contribution in [1.82, 2.24) is 30.1 Å². The van der Waals surface area contributed by atoms with Crippen LogP contribution in [0.5, 0.6) is 0 Å². The third kappa shape index (κ3) is 7.17. The van der Waals surface area contributed by atoms with Crippen molar-refractivity contribution < 1.29 is 31.1 Å². The van der Waals surface area contributed by atoms with Crippen molar-refractivity contribution >= 4 is 12.1 Å². The molecule has 2 aromatic carbocycles. The largest absolute Gasteiger partial charge is 0.416 e. The van der Waals surface area contributed by atoms with Crippen molar-refractivity contribution in [3.63, 3.8) is 0 Å². The van der Waals surface area contributed by atoms with Crippen LogP contribution in [-0.2, 0) is 23.7 Å². The molecule has 0 saturated carbocycles. The molecule has 2 heterocycles. The van der Waals surface area contributed by atoms with Crippen LogP contribution in [0.3, 0.4) is 0 Å². The van der Waals surface area contributed by atoms with E-state index in [-0.39, 0.29) is 11.9 Å². The van der Waals surface area contributed by atoms with Gasteiger partial charge in [0, 0.05) is 50.6 Å². The molecule has 0 atom stereocenters. The summed E-state index contributed by atoms with van der Waals surface area (Å²) in [5.74, 6) is -0.816. The third-order valence-electron chi connectivity index (χ3n) is 5.62. The molecule has 37 heavy (non-hydrogen) atoms. The second kappa shape index (κ2) is 10.7. The molecule has 0 unspecified atom stereocenters. The van der Waals surface area contributed by atoms with E-state index in [1.165, 1.54) is 11.8 Å². The van der Waals surface area contributed by atoms with E-state index in [1.54, 1.807) is 5.01 Å². The molecule has 1 aromatic heterocycles. The third-order valence-corrected chi connectivity index (χ3v) is 5.62. The molecule has 0 spiro atoms. The number of amides is 1. The van der Waals surface area contributed by atoms with Gasteiger partial charge in [0.05, 0.1) is 11.1 Å². The molecule has 196 valence electrons. The molecule has 4 rings (SSSR count). The quantitative estimate of drug-likeness (QED) is 0.385. The van der Waals surface area contributed by atoms with Crippen molar-refractivity contribution in [1.29, 1.82) is 0 Å². The average molecular weight is 524 g/mol. The summed E-state index contributed by atoms with van der Waals surface area (Å²) in [7, 11) is 0. The van der Waals surface area contributed by atoms with E-state index in [0.717, 1.165) is 36.7 Å². The summed E-state index contributed by atoms with van der Waals surface area (Å²) in [6, 6.07) is 11.1. The fourth-order valence-electron chi connectivity index (χ4n) is 3.76. The van der Waals surface area contributed by atoms with Gasteiger partial charge in [-0.2, -0.15) is 26.3 Å². The van der Waals surface area contributed by atoms with E-state index < -0.39 is 35.0 Å². The monoisotopic (exact) mass is 524 g/mol. The van der Waals surface area contributed by atoms with Crippen LogP contribution in [0.4, 0.5) is 26.3 Å². The van der Waals surface area contributed by atoms with E-state index >= 15 is 0 Å². The van der Waals surface area contributed by atoms with Gasteiger partial charge >= 0.3 is 12.4 Å². The van der Waals surface area contributed by atoms with E-state index in [4.69, 9.17) is 0 Å². The van der Waals surface area contributed by atoms with E-state index in [1.807, 2.05) is 18.2 Å². The Morgan fingerprint density at radius 2 is 1.54 bits per heavy atom. The lowest BCUT2D eigenvalue weighted by Gasteiger charge is -2.34. The molecule has 1 fully saturated rings. The molecule has 7 nitrogen and oxygen atoms in total. The Hall–Kier alpha value is -3.71. The van der Waals surface area contributed by atoms with Crippen LogP contribution in [0, 0.1) is 0 Å². The zero-order valence-electron chi connectivity index (χ0n) is 19.3. The van der Waals surface area contributed by atoms with Gasteiger partial charge in [0.25, 0.3) is 5.91 Å². The van der Waals surface area contributed by atoms with E-state index in [2.05, 4.69) is 32.5 Å². The second-order valence-corrected chi connectivity index (χ2v) is 8.38. The minimum Gasteiger partial charge on any atom is -0.296 e. The Labute approximate surface area is 208 Å². The molecule has 1 N–H and O–H groups in total. The van der Waals surface area contributed by atoms with Crippen molar-refractivity contribution in [2.24, 2.45) is 0 Å². The number of rotatable bonds is 6. The summed E-state index contributed by atoms with van der Waals surface area (Å²) in [6.07, 6.45) is -6.54. The highest BCUT2D eigenvalue weighted by Gasteiger charge is 2.37. The van der Waals surface area contributed by atoms with Crippen LogP contribution in [0.15, 0.2) is 60.9 Å². The predicted octanol–water partition coefficient (Wildman–Crippen LogP) is 4.30. The number of hydrogen-bond acceptors (Lipinski definition) is 5. The highest BCUT2D eigenvalue weighted by Crippen LogP contribution is 2.38. The van der Waals surface area contributed by atoms with Crippen LogP contribution in [0.2, 0.25) is 0 Å². The Morgan fingerprint density at radius 1 is 0.919 bits per heavy atom. The number of hydrogen-bond donors (Lipinski definition) is 1. The number of aromatic nitrogens is 3. The molecule has 0 radical (unpaired) electrons. The fourth-order valence-corrected chi connectivity index (χ4v) is 3.76. The van der Waals surface area contributed by atoms with Crippen molar-refractivity contribution in [3.8, 4) is 11.4 Å². The smallest absolute Gasteiger partial charge is 0.296 e. The average Bonchev–Trinajstić information content (AvgIpc) is 3.33. The maximum Gasteiger partial charge on any atom is 0.416 e. The summed E-state index contributed by atoms with van der Waals surface area (Å²) in [4.78, 5) is 18.3. The second-order valence-electron chi connectivity index (χ2n) is 8.38. The predicted molar refractivity (Wildman–Crippen MR) is 122 cm³/mol. The van der Waals surface area contributed by atoms with Crippen molar-refractivity contribution in [2.75, 3.05) is 26.2 Å². The lowest BCUT2D eigenvalue weighted by atomic mass is 10.0. The van der Waals surface area contributed by atoms with Gasteiger partial charge in [0.1, 0.15) is 6.33 Å². The summed E-state index contributed by atoms with van der Waals surface area (Å²) in [5, 5.41) is 5.65. The van der Waals surface area contributed by atoms with Gasteiger partial charge in [0.15, 0.2) is 5.82 Å². The van der Waals surface area contributed by atoms with E-state index in [0.29, 0.717) is 25.2 Å². The first kappa shape index (κ1) is 26.4. The van der Waals surface area contributed by atoms with Crippen LogP contribution in [0.1, 0.15) is 16.7 Å². The summed E-state index contributed by atoms with van der Waals surface area (Å²) in [6.45, 7) is 3.53. The number of benzene rings is 2. The molecule has 1 aliphatic heterocycles. The topological polar surface area (TPSA) is 66.3 Å². The highest BCUT2D eigenvalue weighted by atomic mass is 19.4. The number of carbonyl (C=O) groups excluding carboxylic acids is 1. The molecule has 13 heteroatoms.